The first kappa shape index (κ1) is 11.6. The average Bonchev–Trinajstić information content (AvgIpc) is 2.14. The predicted molar refractivity (Wildman–Crippen MR) is 65.8 cm³/mol. The summed E-state index contributed by atoms with van der Waals surface area (Å²) in [5, 5.41) is 0. The van der Waals surface area contributed by atoms with Gasteiger partial charge >= 0.3 is 0 Å². The zero-order chi connectivity index (χ0) is 10.6. The summed E-state index contributed by atoms with van der Waals surface area (Å²) in [6.07, 6.45) is 3.18. The Hall–Kier alpha value is -0.470. The third-order valence-corrected chi connectivity index (χ3v) is 3.10. The van der Waals surface area contributed by atoms with E-state index < -0.39 is 0 Å². The van der Waals surface area contributed by atoms with Gasteiger partial charge in [-0.25, -0.2) is 0 Å². The SMILES string of the molecule is CSCCC(N)c1ccc(C)cc1C. The summed E-state index contributed by atoms with van der Waals surface area (Å²) >= 11 is 1.85. The van der Waals surface area contributed by atoms with Crippen molar-refractivity contribution < 1.29 is 0 Å². The smallest absolute Gasteiger partial charge is 0.0305 e. The summed E-state index contributed by atoms with van der Waals surface area (Å²) in [5.74, 6) is 1.13. The third kappa shape index (κ3) is 3.03. The van der Waals surface area contributed by atoms with E-state index in [0.717, 1.165) is 12.2 Å². The molecule has 1 nitrogen and oxygen atoms in total. The second kappa shape index (κ2) is 5.42. The van der Waals surface area contributed by atoms with Crippen molar-refractivity contribution >= 4 is 11.8 Å². The van der Waals surface area contributed by atoms with Gasteiger partial charge in [0, 0.05) is 6.04 Å². The van der Waals surface area contributed by atoms with Gasteiger partial charge in [-0.3, -0.25) is 0 Å². The monoisotopic (exact) mass is 209 g/mol. The number of thioether (sulfide) groups is 1. The molecule has 0 saturated carbocycles. The second-order valence-electron chi connectivity index (χ2n) is 3.75. The number of rotatable bonds is 4. The molecule has 1 unspecified atom stereocenters. The van der Waals surface area contributed by atoms with Gasteiger partial charge in [-0.1, -0.05) is 23.8 Å². The number of hydrogen-bond acceptors (Lipinski definition) is 2. The van der Waals surface area contributed by atoms with Gasteiger partial charge in [-0.05, 0) is 43.4 Å². The summed E-state index contributed by atoms with van der Waals surface area (Å²) < 4.78 is 0. The summed E-state index contributed by atoms with van der Waals surface area (Å²) in [7, 11) is 0. The fourth-order valence-corrected chi connectivity index (χ4v) is 2.13. The largest absolute Gasteiger partial charge is 0.324 e. The molecule has 0 bridgehead atoms. The van der Waals surface area contributed by atoms with Crippen LogP contribution in [0.5, 0.6) is 0 Å². The lowest BCUT2D eigenvalue weighted by Crippen LogP contribution is -2.12. The number of aryl methyl sites for hydroxylation is 2. The minimum atomic E-state index is 0.197. The molecule has 1 atom stereocenters. The van der Waals surface area contributed by atoms with E-state index in [9.17, 15) is 0 Å². The molecule has 0 radical (unpaired) electrons. The predicted octanol–water partition coefficient (Wildman–Crippen LogP) is 3.06. The fourth-order valence-electron chi connectivity index (χ4n) is 1.64. The van der Waals surface area contributed by atoms with Crippen LogP contribution >= 0.6 is 11.8 Å². The lowest BCUT2D eigenvalue weighted by atomic mass is 9.98. The summed E-state index contributed by atoms with van der Waals surface area (Å²) in [6, 6.07) is 6.70. The topological polar surface area (TPSA) is 26.0 Å². The first-order valence-corrected chi connectivity index (χ1v) is 6.36. The molecule has 2 heteroatoms. The first-order chi connectivity index (χ1) is 6.65. The molecule has 0 aliphatic rings. The van der Waals surface area contributed by atoms with E-state index >= 15 is 0 Å². The molecule has 0 aliphatic carbocycles. The van der Waals surface area contributed by atoms with E-state index in [2.05, 4.69) is 38.3 Å². The van der Waals surface area contributed by atoms with Gasteiger partial charge in [0.25, 0.3) is 0 Å². The fraction of sp³-hybridized carbons (Fsp3) is 0.500. The highest BCUT2D eigenvalue weighted by Gasteiger charge is 2.07. The van der Waals surface area contributed by atoms with E-state index in [1.165, 1.54) is 16.7 Å². The van der Waals surface area contributed by atoms with Gasteiger partial charge in [0.1, 0.15) is 0 Å². The van der Waals surface area contributed by atoms with Gasteiger partial charge in [-0.2, -0.15) is 11.8 Å². The molecule has 1 aromatic carbocycles. The molecule has 0 aromatic heterocycles. The standard InChI is InChI=1S/C12H19NS/c1-9-4-5-11(10(2)8-9)12(13)6-7-14-3/h4-5,8,12H,6-7,13H2,1-3H3. The van der Waals surface area contributed by atoms with Crippen LogP contribution in [0.2, 0.25) is 0 Å². The van der Waals surface area contributed by atoms with Gasteiger partial charge in [-0.15, -0.1) is 0 Å². The van der Waals surface area contributed by atoms with Crippen molar-refractivity contribution in [3.8, 4) is 0 Å². The molecule has 0 aliphatic heterocycles. The summed E-state index contributed by atoms with van der Waals surface area (Å²) in [6.45, 7) is 4.26. The molecule has 1 aromatic rings. The number of hydrogen-bond donors (Lipinski definition) is 1. The first-order valence-electron chi connectivity index (χ1n) is 4.97. The third-order valence-electron chi connectivity index (χ3n) is 2.46. The Morgan fingerprint density at radius 2 is 2.07 bits per heavy atom. The van der Waals surface area contributed by atoms with Gasteiger partial charge in [0.2, 0.25) is 0 Å². The van der Waals surface area contributed by atoms with E-state index in [-0.39, 0.29) is 6.04 Å². The van der Waals surface area contributed by atoms with Crippen LogP contribution in [0.3, 0.4) is 0 Å². The molecule has 0 amide bonds. The Morgan fingerprint density at radius 3 is 2.64 bits per heavy atom. The van der Waals surface area contributed by atoms with Crippen LogP contribution in [0.4, 0.5) is 0 Å². The molecule has 0 spiro atoms. The quantitative estimate of drug-likeness (QED) is 0.825. The summed E-state index contributed by atoms with van der Waals surface area (Å²) in [5.41, 5.74) is 10.0. The Morgan fingerprint density at radius 1 is 1.36 bits per heavy atom. The van der Waals surface area contributed by atoms with Crippen LogP contribution in [0.1, 0.15) is 29.2 Å². The molecular weight excluding hydrogens is 190 g/mol. The van der Waals surface area contributed by atoms with Crippen LogP contribution in [0, 0.1) is 13.8 Å². The Balaban J connectivity index is 2.74. The minimum absolute atomic E-state index is 0.197. The Labute approximate surface area is 91.1 Å². The Kier molecular flexibility index (Phi) is 4.49. The zero-order valence-electron chi connectivity index (χ0n) is 9.21. The average molecular weight is 209 g/mol. The van der Waals surface area contributed by atoms with E-state index in [0.29, 0.717) is 0 Å². The molecule has 0 fully saturated rings. The highest BCUT2D eigenvalue weighted by Crippen LogP contribution is 2.20. The van der Waals surface area contributed by atoms with Crippen LogP contribution in [0.25, 0.3) is 0 Å². The molecule has 1 rings (SSSR count). The van der Waals surface area contributed by atoms with Crippen molar-refractivity contribution in [3.05, 3.63) is 34.9 Å². The van der Waals surface area contributed by atoms with Crippen LogP contribution in [-0.4, -0.2) is 12.0 Å². The molecule has 2 N–H and O–H groups in total. The maximum atomic E-state index is 6.12. The molecule has 14 heavy (non-hydrogen) atoms. The maximum absolute atomic E-state index is 6.12. The Bertz CT molecular complexity index is 296. The second-order valence-corrected chi connectivity index (χ2v) is 4.73. The van der Waals surface area contributed by atoms with Crippen molar-refractivity contribution in [3.63, 3.8) is 0 Å². The number of nitrogens with two attached hydrogens (primary N) is 1. The van der Waals surface area contributed by atoms with Gasteiger partial charge in [0.05, 0.1) is 0 Å². The zero-order valence-corrected chi connectivity index (χ0v) is 10.0. The van der Waals surface area contributed by atoms with Crippen molar-refractivity contribution in [2.45, 2.75) is 26.3 Å². The van der Waals surface area contributed by atoms with Crippen molar-refractivity contribution in [2.24, 2.45) is 5.73 Å². The van der Waals surface area contributed by atoms with Crippen LogP contribution in [0.15, 0.2) is 18.2 Å². The van der Waals surface area contributed by atoms with E-state index in [4.69, 9.17) is 5.73 Å². The molecular formula is C12H19NS. The van der Waals surface area contributed by atoms with Crippen LogP contribution < -0.4 is 5.73 Å². The van der Waals surface area contributed by atoms with Crippen LogP contribution in [-0.2, 0) is 0 Å². The van der Waals surface area contributed by atoms with E-state index in [1.54, 1.807) is 0 Å². The highest BCUT2D eigenvalue weighted by molar-refractivity contribution is 7.98. The highest BCUT2D eigenvalue weighted by atomic mass is 32.2. The van der Waals surface area contributed by atoms with E-state index in [1.807, 2.05) is 11.8 Å². The summed E-state index contributed by atoms with van der Waals surface area (Å²) in [4.78, 5) is 0. The van der Waals surface area contributed by atoms with Crippen molar-refractivity contribution in [2.75, 3.05) is 12.0 Å². The maximum Gasteiger partial charge on any atom is 0.0305 e. The molecule has 78 valence electrons. The lowest BCUT2D eigenvalue weighted by molar-refractivity contribution is 0.700. The molecule has 0 saturated heterocycles. The van der Waals surface area contributed by atoms with Gasteiger partial charge in [0.15, 0.2) is 0 Å². The van der Waals surface area contributed by atoms with Crippen molar-refractivity contribution in [1.82, 2.24) is 0 Å². The normalized spacial score (nSPS) is 12.9. The van der Waals surface area contributed by atoms with Gasteiger partial charge < -0.3 is 5.73 Å². The number of benzene rings is 1. The molecule has 0 heterocycles. The van der Waals surface area contributed by atoms with Crippen molar-refractivity contribution in [1.29, 1.82) is 0 Å². The lowest BCUT2D eigenvalue weighted by Gasteiger charge is -2.14. The minimum Gasteiger partial charge on any atom is -0.324 e.